The Bertz CT molecular complexity index is 632. The first-order valence-electron chi connectivity index (χ1n) is 5.76. The number of aromatic nitrogens is 2. The van der Waals surface area contributed by atoms with E-state index >= 15 is 0 Å². The zero-order valence-electron chi connectivity index (χ0n) is 10.00. The van der Waals surface area contributed by atoms with Crippen LogP contribution >= 0.6 is 23.8 Å². The second-order valence-electron chi connectivity index (χ2n) is 3.95. The van der Waals surface area contributed by atoms with Gasteiger partial charge in [0.1, 0.15) is 0 Å². The fourth-order valence-electron chi connectivity index (χ4n) is 1.86. The van der Waals surface area contributed by atoms with Gasteiger partial charge in [0.05, 0.1) is 11.0 Å². The van der Waals surface area contributed by atoms with Gasteiger partial charge in [0.2, 0.25) is 5.91 Å². The maximum Gasteiger partial charge on any atom is 0.221 e. The summed E-state index contributed by atoms with van der Waals surface area (Å²) in [6.07, 6.45) is 0.414. The minimum absolute atomic E-state index is 0.0303. The zero-order chi connectivity index (χ0) is 13.1. The molecule has 0 radical (unpaired) electrons. The number of benzene rings is 1. The number of nitrogens with one attached hydrogen (secondary N) is 2. The molecule has 2 rings (SSSR count). The summed E-state index contributed by atoms with van der Waals surface area (Å²) in [4.78, 5) is 14.5. The molecule has 0 fully saturated rings. The van der Waals surface area contributed by atoms with E-state index in [9.17, 15) is 4.79 Å². The number of imidazole rings is 1. The van der Waals surface area contributed by atoms with Crippen LogP contribution in [0.5, 0.6) is 0 Å². The van der Waals surface area contributed by atoms with Crippen LogP contribution in [0, 0.1) is 4.77 Å². The van der Waals surface area contributed by atoms with Crippen LogP contribution in [0.2, 0.25) is 5.02 Å². The van der Waals surface area contributed by atoms with Gasteiger partial charge in [-0.2, -0.15) is 0 Å². The van der Waals surface area contributed by atoms with Crippen molar-refractivity contribution in [3.63, 3.8) is 0 Å². The number of hydrogen-bond acceptors (Lipinski definition) is 2. The van der Waals surface area contributed by atoms with Gasteiger partial charge in [-0.1, -0.05) is 11.6 Å². The van der Waals surface area contributed by atoms with Crippen LogP contribution in [-0.4, -0.2) is 22.0 Å². The number of fused-ring (bicyclic) bond motifs is 1. The van der Waals surface area contributed by atoms with Crippen LogP contribution < -0.4 is 5.32 Å². The van der Waals surface area contributed by atoms with E-state index in [2.05, 4.69) is 10.3 Å². The first kappa shape index (κ1) is 13.1. The second kappa shape index (κ2) is 5.54. The Balaban J connectivity index is 2.25. The average molecular weight is 284 g/mol. The summed E-state index contributed by atoms with van der Waals surface area (Å²) in [5.41, 5.74) is 1.86. The average Bonchev–Trinajstić information content (AvgIpc) is 2.61. The van der Waals surface area contributed by atoms with Gasteiger partial charge in [-0.05, 0) is 37.3 Å². The van der Waals surface area contributed by atoms with Crippen molar-refractivity contribution in [1.82, 2.24) is 14.9 Å². The molecule has 0 spiro atoms. The van der Waals surface area contributed by atoms with Gasteiger partial charge < -0.3 is 14.9 Å². The fraction of sp³-hybridized carbons (Fsp3) is 0.333. The molecule has 18 heavy (non-hydrogen) atoms. The topological polar surface area (TPSA) is 49.8 Å². The first-order valence-corrected chi connectivity index (χ1v) is 6.55. The Labute approximate surface area is 115 Å². The highest BCUT2D eigenvalue weighted by molar-refractivity contribution is 7.71. The van der Waals surface area contributed by atoms with Gasteiger partial charge in [0, 0.05) is 24.5 Å². The number of H-pyrrole nitrogens is 1. The number of carbonyl (C=O) groups excluding carboxylic acids is 1. The molecular weight excluding hydrogens is 270 g/mol. The molecule has 1 aromatic carbocycles. The number of aryl methyl sites for hydroxylation is 1. The Morgan fingerprint density at radius 2 is 2.33 bits per heavy atom. The minimum atomic E-state index is 0.0303. The Hall–Kier alpha value is -1.33. The first-order chi connectivity index (χ1) is 8.61. The van der Waals surface area contributed by atoms with Crippen molar-refractivity contribution in [2.45, 2.75) is 19.9 Å². The molecular formula is C12H14ClN3OS. The van der Waals surface area contributed by atoms with Crippen LogP contribution in [0.15, 0.2) is 18.2 Å². The maximum absolute atomic E-state index is 11.4. The largest absolute Gasteiger partial charge is 0.356 e. The van der Waals surface area contributed by atoms with E-state index in [1.807, 2.05) is 29.7 Å². The van der Waals surface area contributed by atoms with Gasteiger partial charge in [-0.15, -0.1) is 0 Å². The summed E-state index contributed by atoms with van der Waals surface area (Å²) in [5.74, 6) is 0.0303. The van der Waals surface area contributed by atoms with Crippen molar-refractivity contribution < 1.29 is 4.79 Å². The van der Waals surface area contributed by atoms with Crippen molar-refractivity contribution in [2.75, 3.05) is 6.54 Å². The molecule has 96 valence electrons. The van der Waals surface area contributed by atoms with Gasteiger partial charge in [0.15, 0.2) is 4.77 Å². The molecule has 2 N–H and O–H groups in total. The molecule has 0 bridgehead atoms. The quantitative estimate of drug-likeness (QED) is 0.848. The van der Waals surface area contributed by atoms with E-state index < -0.39 is 0 Å². The lowest BCUT2D eigenvalue weighted by molar-refractivity contribution is -0.121. The van der Waals surface area contributed by atoms with E-state index in [0.717, 1.165) is 11.0 Å². The summed E-state index contributed by atoms with van der Waals surface area (Å²) < 4.78 is 2.52. The zero-order valence-corrected chi connectivity index (χ0v) is 11.6. The van der Waals surface area contributed by atoms with Crippen molar-refractivity contribution in [3.8, 4) is 0 Å². The molecule has 1 heterocycles. The molecule has 0 aliphatic carbocycles. The minimum Gasteiger partial charge on any atom is -0.356 e. The van der Waals surface area contributed by atoms with Crippen LogP contribution in [0.3, 0.4) is 0 Å². The predicted octanol–water partition coefficient (Wildman–Crippen LogP) is 2.88. The third-order valence-corrected chi connectivity index (χ3v) is 3.23. The van der Waals surface area contributed by atoms with Crippen molar-refractivity contribution in [1.29, 1.82) is 0 Å². The lowest BCUT2D eigenvalue weighted by Crippen LogP contribution is -2.23. The van der Waals surface area contributed by atoms with Crippen molar-refractivity contribution in [3.05, 3.63) is 28.0 Å². The van der Waals surface area contributed by atoms with Crippen molar-refractivity contribution >= 4 is 40.8 Å². The number of carbonyl (C=O) groups is 1. The summed E-state index contributed by atoms with van der Waals surface area (Å²) in [6.45, 7) is 3.11. The van der Waals surface area contributed by atoms with E-state index in [4.69, 9.17) is 23.8 Å². The third kappa shape index (κ3) is 2.73. The van der Waals surface area contributed by atoms with Crippen LogP contribution in [0.4, 0.5) is 0 Å². The number of rotatable bonds is 4. The van der Waals surface area contributed by atoms with Gasteiger partial charge in [-0.3, -0.25) is 4.79 Å². The van der Waals surface area contributed by atoms with E-state index in [1.165, 1.54) is 0 Å². The Morgan fingerprint density at radius 3 is 3.06 bits per heavy atom. The van der Waals surface area contributed by atoms with Crippen LogP contribution in [0.25, 0.3) is 11.0 Å². The highest BCUT2D eigenvalue weighted by Crippen LogP contribution is 2.19. The molecule has 1 amide bonds. The smallest absolute Gasteiger partial charge is 0.221 e. The lowest BCUT2D eigenvalue weighted by atomic mass is 10.3. The highest BCUT2D eigenvalue weighted by atomic mass is 35.5. The lowest BCUT2D eigenvalue weighted by Gasteiger charge is -2.04. The fourth-order valence-corrected chi connectivity index (χ4v) is 2.33. The summed E-state index contributed by atoms with van der Waals surface area (Å²) in [5, 5.41) is 3.43. The Kier molecular flexibility index (Phi) is 4.04. The summed E-state index contributed by atoms with van der Waals surface area (Å²) in [6, 6.07) is 5.55. The molecule has 0 unspecified atom stereocenters. The van der Waals surface area contributed by atoms with Crippen LogP contribution in [-0.2, 0) is 11.3 Å². The molecule has 4 nitrogen and oxygen atoms in total. The number of hydrogen-bond donors (Lipinski definition) is 2. The molecule has 0 aliphatic rings. The molecule has 1 aromatic heterocycles. The number of amides is 1. The molecule has 2 aromatic rings. The normalized spacial score (nSPS) is 10.8. The molecule has 0 saturated carbocycles. The number of nitrogens with zero attached hydrogens (tertiary/aromatic N) is 1. The van der Waals surface area contributed by atoms with Crippen LogP contribution in [0.1, 0.15) is 13.3 Å². The van der Waals surface area contributed by atoms with Gasteiger partial charge in [0.25, 0.3) is 0 Å². The summed E-state index contributed by atoms with van der Waals surface area (Å²) >= 11 is 11.2. The number of aromatic amines is 1. The van der Waals surface area contributed by atoms with E-state index in [0.29, 0.717) is 29.3 Å². The molecule has 0 saturated heterocycles. The highest BCUT2D eigenvalue weighted by Gasteiger charge is 2.06. The molecule has 0 atom stereocenters. The maximum atomic E-state index is 11.4. The van der Waals surface area contributed by atoms with Gasteiger partial charge in [-0.25, -0.2) is 0 Å². The monoisotopic (exact) mass is 283 g/mol. The summed E-state index contributed by atoms with van der Waals surface area (Å²) in [7, 11) is 0. The third-order valence-electron chi connectivity index (χ3n) is 2.67. The predicted molar refractivity (Wildman–Crippen MR) is 75.4 cm³/mol. The van der Waals surface area contributed by atoms with E-state index in [1.54, 1.807) is 0 Å². The number of halogens is 1. The van der Waals surface area contributed by atoms with E-state index in [-0.39, 0.29) is 5.91 Å². The Morgan fingerprint density at radius 1 is 1.56 bits per heavy atom. The van der Waals surface area contributed by atoms with Gasteiger partial charge >= 0.3 is 0 Å². The van der Waals surface area contributed by atoms with Crippen molar-refractivity contribution in [2.24, 2.45) is 0 Å². The SMILES string of the molecule is CCNC(=O)CCn1c(=S)[nH]c2cc(Cl)ccc21. The standard InChI is InChI=1S/C12H14ClN3OS/c1-2-14-11(17)5-6-16-10-4-3-8(13)7-9(10)15-12(16)18/h3-4,7H,2,5-6H2,1H3,(H,14,17)(H,15,18). The molecule has 0 aliphatic heterocycles. The molecule has 6 heteroatoms. The second-order valence-corrected chi connectivity index (χ2v) is 4.77.